The van der Waals surface area contributed by atoms with Gasteiger partial charge < -0.3 is 24.8 Å². The predicted molar refractivity (Wildman–Crippen MR) is 143 cm³/mol. The van der Waals surface area contributed by atoms with Crippen LogP contribution in [0, 0.1) is 0 Å². The number of nitrogens with one attached hydrogen (secondary N) is 1. The summed E-state index contributed by atoms with van der Waals surface area (Å²) in [6.45, 7) is 0.248. The Hall–Kier alpha value is -4.33. The van der Waals surface area contributed by atoms with E-state index in [1.54, 1.807) is 4.90 Å². The van der Waals surface area contributed by atoms with Gasteiger partial charge in [0.05, 0.1) is 0 Å². The van der Waals surface area contributed by atoms with Crippen LogP contribution in [0.1, 0.15) is 48.3 Å². The van der Waals surface area contributed by atoms with Gasteiger partial charge in [0, 0.05) is 30.8 Å². The number of fused-ring (bicyclic) bond motifs is 5. The number of piperidine rings is 1. The SMILES string of the molecule is O=C(NC1(C(=O)O)CC2CCC(C1)N2C(=O)OCC1c2ccccc2-c2ccccc21)OCc1ccccc1. The summed E-state index contributed by atoms with van der Waals surface area (Å²) >= 11 is 0. The van der Waals surface area contributed by atoms with Crippen molar-refractivity contribution in [3.05, 3.63) is 95.6 Å². The van der Waals surface area contributed by atoms with Gasteiger partial charge in [-0.15, -0.1) is 0 Å². The topological polar surface area (TPSA) is 105 Å². The molecule has 2 bridgehead atoms. The Morgan fingerprint density at radius 1 is 0.821 bits per heavy atom. The van der Waals surface area contributed by atoms with Crippen LogP contribution in [-0.2, 0) is 20.9 Å². The van der Waals surface area contributed by atoms with Gasteiger partial charge in [0.25, 0.3) is 0 Å². The number of benzene rings is 3. The molecular weight excluding hydrogens is 496 g/mol. The number of amides is 2. The van der Waals surface area contributed by atoms with Gasteiger partial charge in [0.2, 0.25) is 0 Å². The first-order valence-corrected chi connectivity index (χ1v) is 13.3. The molecule has 2 N–H and O–H groups in total. The maximum atomic E-state index is 13.3. The molecule has 39 heavy (non-hydrogen) atoms. The first-order valence-electron chi connectivity index (χ1n) is 13.3. The van der Waals surface area contributed by atoms with E-state index in [0.29, 0.717) is 12.8 Å². The molecule has 2 aliphatic heterocycles. The van der Waals surface area contributed by atoms with Gasteiger partial charge in [-0.05, 0) is 40.7 Å². The molecule has 0 spiro atoms. The molecule has 0 aromatic heterocycles. The highest BCUT2D eigenvalue weighted by atomic mass is 16.6. The van der Waals surface area contributed by atoms with E-state index in [4.69, 9.17) is 9.47 Å². The fourth-order valence-electron chi connectivity index (χ4n) is 6.50. The summed E-state index contributed by atoms with van der Waals surface area (Å²) in [5, 5.41) is 12.8. The standard InChI is InChI=1S/C31H30N2O6/c34-28(35)31(32-29(36)38-18-20-8-2-1-3-9-20)16-21-14-15-22(17-31)33(21)30(37)39-19-27-25-12-6-4-10-23(25)24-11-5-7-13-26(24)27/h1-13,21-22,27H,14-19H2,(H,32,36)(H,34,35). The monoisotopic (exact) mass is 526 g/mol. The normalized spacial score (nSPS) is 23.0. The highest BCUT2D eigenvalue weighted by Crippen LogP contribution is 2.45. The molecule has 3 aromatic carbocycles. The first kappa shape index (κ1) is 25.0. The fraction of sp³-hybridized carbons (Fsp3) is 0.323. The van der Waals surface area contributed by atoms with E-state index in [1.165, 1.54) is 0 Å². The highest BCUT2D eigenvalue weighted by molar-refractivity contribution is 5.85. The van der Waals surface area contributed by atoms with Crippen molar-refractivity contribution in [1.82, 2.24) is 10.2 Å². The molecule has 0 saturated carbocycles. The molecule has 2 saturated heterocycles. The summed E-state index contributed by atoms with van der Waals surface area (Å²) in [7, 11) is 0. The Bertz CT molecular complexity index is 1350. The molecule has 2 atom stereocenters. The lowest BCUT2D eigenvalue weighted by Crippen LogP contribution is -2.64. The van der Waals surface area contributed by atoms with Gasteiger partial charge in [-0.2, -0.15) is 0 Å². The minimum absolute atomic E-state index is 0.0428. The van der Waals surface area contributed by atoms with Gasteiger partial charge in [0.1, 0.15) is 18.8 Å². The van der Waals surface area contributed by atoms with Crippen LogP contribution in [0.2, 0.25) is 0 Å². The van der Waals surface area contributed by atoms with E-state index < -0.39 is 23.7 Å². The lowest BCUT2D eigenvalue weighted by molar-refractivity contribution is -0.148. The van der Waals surface area contributed by atoms with Crippen molar-refractivity contribution >= 4 is 18.2 Å². The number of rotatable bonds is 6. The summed E-state index contributed by atoms with van der Waals surface area (Å²) in [5.74, 6) is -1.17. The molecule has 8 nitrogen and oxygen atoms in total. The molecule has 1 aliphatic carbocycles. The van der Waals surface area contributed by atoms with Crippen LogP contribution in [0.4, 0.5) is 9.59 Å². The molecule has 2 amide bonds. The number of ether oxygens (including phenoxy) is 2. The summed E-state index contributed by atoms with van der Waals surface area (Å²) in [4.78, 5) is 40.0. The average Bonchev–Trinajstić information content (AvgIpc) is 3.42. The van der Waals surface area contributed by atoms with Crippen LogP contribution in [0.5, 0.6) is 0 Å². The van der Waals surface area contributed by atoms with Crippen LogP contribution in [0.25, 0.3) is 11.1 Å². The number of carboxylic acids is 1. The zero-order valence-electron chi connectivity index (χ0n) is 21.4. The quantitative estimate of drug-likeness (QED) is 0.451. The number of aliphatic carboxylic acids is 1. The van der Waals surface area contributed by atoms with Gasteiger partial charge in [-0.25, -0.2) is 14.4 Å². The highest BCUT2D eigenvalue weighted by Gasteiger charge is 2.55. The van der Waals surface area contributed by atoms with Crippen LogP contribution < -0.4 is 5.32 Å². The molecule has 2 heterocycles. The Balaban J connectivity index is 1.12. The molecule has 200 valence electrons. The molecule has 0 radical (unpaired) electrons. The minimum Gasteiger partial charge on any atom is -0.480 e. The van der Waals surface area contributed by atoms with E-state index in [-0.39, 0.29) is 44.1 Å². The molecule has 3 aromatic rings. The van der Waals surface area contributed by atoms with Gasteiger partial charge in [-0.1, -0.05) is 78.9 Å². The lowest BCUT2D eigenvalue weighted by Gasteiger charge is -2.43. The maximum Gasteiger partial charge on any atom is 0.410 e. The lowest BCUT2D eigenvalue weighted by atomic mass is 9.83. The van der Waals surface area contributed by atoms with Crippen molar-refractivity contribution in [2.45, 2.75) is 55.8 Å². The zero-order valence-corrected chi connectivity index (χ0v) is 21.4. The smallest absolute Gasteiger partial charge is 0.410 e. The van der Waals surface area contributed by atoms with Crippen molar-refractivity contribution in [1.29, 1.82) is 0 Å². The van der Waals surface area contributed by atoms with Crippen LogP contribution in [-0.4, -0.2) is 52.4 Å². The van der Waals surface area contributed by atoms with E-state index in [2.05, 4.69) is 29.6 Å². The van der Waals surface area contributed by atoms with Gasteiger partial charge in [-0.3, -0.25) is 0 Å². The van der Waals surface area contributed by atoms with Crippen LogP contribution in [0.15, 0.2) is 78.9 Å². The third-order valence-corrected chi connectivity index (χ3v) is 8.30. The van der Waals surface area contributed by atoms with Crippen molar-refractivity contribution < 1.29 is 29.0 Å². The van der Waals surface area contributed by atoms with E-state index in [1.807, 2.05) is 54.6 Å². The average molecular weight is 527 g/mol. The second-order valence-corrected chi connectivity index (χ2v) is 10.6. The Morgan fingerprint density at radius 3 is 1.97 bits per heavy atom. The molecule has 2 unspecified atom stereocenters. The summed E-state index contributed by atoms with van der Waals surface area (Å²) in [6, 6.07) is 24.8. The maximum absolute atomic E-state index is 13.3. The predicted octanol–water partition coefficient (Wildman–Crippen LogP) is 5.31. The van der Waals surface area contributed by atoms with Crippen molar-refractivity contribution in [2.24, 2.45) is 0 Å². The number of hydrogen-bond acceptors (Lipinski definition) is 5. The number of alkyl carbamates (subject to hydrolysis) is 1. The summed E-state index contributed by atoms with van der Waals surface area (Å²) < 4.78 is 11.2. The van der Waals surface area contributed by atoms with Gasteiger partial charge >= 0.3 is 18.2 Å². The van der Waals surface area contributed by atoms with Crippen LogP contribution >= 0.6 is 0 Å². The third kappa shape index (κ3) is 4.60. The first-order chi connectivity index (χ1) is 18.9. The Labute approximate surface area is 226 Å². The Morgan fingerprint density at radius 2 is 1.38 bits per heavy atom. The minimum atomic E-state index is -1.50. The molecule has 3 aliphatic rings. The molecule has 2 fully saturated rings. The van der Waals surface area contributed by atoms with Crippen LogP contribution in [0.3, 0.4) is 0 Å². The summed E-state index contributed by atoms with van der Waals surface area (Å²) in [6.07, 6.45) is 0.299. The van der Waals surface area contributed by atoms with E-state index in [9.17, 15) is 19.5 Å². The van der Waals surface area contributed by atoms with E-state index >= 15 is 0 Å². The number of carbonyl (C=O) groups excluding carboxylic acids is 2. The second-order valence-electron chi connectivity index (χ2n) is 10.6. The summed E-state index contributed by atoms with van der Waals surface area (Å²) in [5.41, 5.74) is 3.89. The number of carboxylic acid groups (broad SMARTS) is 1. The molecule has 6 rings (SSSR count). The number of carbonyl (C=O) groups is 3. The number of nitrogens with zero attached hydrogens (tertiary/aromatic N) is 1. The number of hydrogen-bond donors (Lipinski definition) is 2. The van der Waals surface area contributed by atoms with Crippen molar-refractivity contribution in [3.8, 4) is 11.1 Å². The van der Waals surface area contributed by atoms with Crippen molar-refractivity contribution in [3.63, 3.8) is 0 Å². The second kappa shape index (κ2) is 10.1. The third-order valence-electron chi connectivity index (χ3n) is 8.30. The van der Waals surface area contributed by atoms with Gasteiger partial charge in [0.15, 0.2) is 0 Å². The van der Waals surface area contributed by atoms with E-state index in [0.717, 1.165) is 27.8 Å². The molecule has 8 heteroatoms. The fourth-order valence-corrected chi connectivity index (χ4v) is 6.50. The zero-order chi connectivity index (χ0) is 27.0. The van der Waals surface area contributed by atoms with Crippen molar-refractivity contribution in [2.75, 3.05) is 6.61 Å². The Kier molecular flexibility index (Phi) is 6.46. The molecular formula is C31H30N2O6. The largest absolute Gasteiger partial charge is 0.480 e.